The number of aromatic nitrogens is 1. The minimum Gasteiger partial charge on any atom is -0.356 e. The van der Waals surface area contributed by atoms with E-state index in [-0.39, 0.29) is 17.4 Å². The van der Waals surface area contributed by atoms with E-state index in [0.29, 0.717) is 17.7 Å². The summed E-state index contributed by atoms with van der Waals surface area (Å²) in [6.07, 6.45) is 3.21. The van der Waals surface area contributed by atoms with Crippen LogP contribution in [0.4, 0.5) is 11.5 Å². The van der Waals surface area contributed by atoms with Crippen LogP contribution >= 0.6 is 0 Å². The lowest BCUT2D eigenvalue weighted by molar-refractivity contribution is -0.385. The van der Waals surface area contributed by atoms with Gasteiger partial charge in [0.25, 0.3) is 0 Å². The Balaban J connectivity index is 1.82. The van der Waals surface area contributed by atoms with Crippen LogP contribution in [-0.4, -0.2) is 29.0 Å². The highest BCUT2D eigenvalue weighted by atomic mass is 16.6. The second-order valence-corrected chi connectivity index (χ2v) is 5.90. The van der Waals surface area contributed by atoms with Gasteiger partial charge in [-0.05, 0) is 37.2 Å². The normalized spacial score (nSPS) is 28.0. The molecule has 21 heavy (non-hydrogen) atoms. The van der Waals surface area contributed by atoms with Crippen LogP contribution < -0.4 is 10.6 Å². The molecule has 7 heteroatoms. The number of nitriles is 1. The molecule has 0 bridgehead atoms. The zero-order valence-corrected chi connectivity index (χ0v) is 11.6. The van der Waals surface area contributed by atoms with Crippen molar-refractivity contribution in [2.24, 2.45) is 17.6 Å². The molecule has 1 saturated carbocycles. The van der Waals surface area contributed by atoms with Gasteiger partial charge in [-0.15, -0.1) is 0 Å². The molecule has 110 valence electrons. The molecule has 1 aliphatic heterocycles. The van der Waals surface area contributed by atoms with Crippen molar-refractivity contribution in [1.29, 1.82) is 5.26 Å². The Labute approximate surface area is 122 Å². The molecule has 1 unspecified atom stereocenters. The Morgan fingerprint density at radius 2 is 2.14 bits per heavy atom. The van der Waals surface area contributed by atoms with Gasteiger partial charge in [0.2, 0.25) is 5.69 Å². The van der Waals surface area contributed by atoms with Crippen molar-refractivity contribution in [2.45, 2.75) is 25.3 Å². The largest absolute Gasteiger partial charge is 0.356 e. The first-order valence-corrected chi connectivity index (χ1v) is 7.14. The van der Waals surface area contributed by atoms with Crippen molar-refractivity contribution in [1.82, 2.24) is 4.98 Å². The van der Waals surface area contributed by atoms with Gasteiger partial charge < -0.3 is 10.6 Å². The molecular formula is C14H17N5O2. The van der Waals surface area contributed by atoms with E-state index in [1.165, 1.54) is 6.07 Å². The fourth-order valence-corrected chi connectivity index (χ4v) is 3.50. The molecular weight excluding hydrogens is 270 g/mol. The maximum Gasteiger partial charge on any atom is 0.305 e. The number of anilines is 1. The Kier molecular flexibility index (Phi) is 3.47. The monoisotopic (exact) mass is 287 g/mol. The van der Waals surface area contributed by atoms with Gasteiger partial charge in [-0.2, -0.15) is 5.26 Å². The van der Waals surface area contributed by atoms with Crippen LogP contribution in [-0.2, 0) is 0 Å². The van der Waals surface area contributed by atoms with Crippen LogP contribution in [0, 0.1) is 33.3 Å². The maximum atomic E-state index is 10.8. The number of pyridine rings is 1. The first-order valence-electron chi connectivity index (χ1n) is 7.14. The average molecular weight is 287 g/mol. The van der Waals surface area contributed by atoms with Crippen molar-refractivity contribution >= 4 is 11.5 Å². The summed E-state index contributed by atoms with van der Waals surface area (Å²) in [5, 5.41) is 19.9. The summed E-state index contributed by atoms with van der Waals surface area (Å²) in [5.74, 6) is 1.84. The Hall–Kier alpha value is -2.20. The molecule has 3 rings (SSSR count). The molecule has 1 saturated heterocycles. The first-order chi connectivity index (χ1) is 10.1. The van der Waals surface area contributed by atoms with Gasteiger partial charge in [-0.3, -0.25) is 10.1 Å². The highest BCUT2D eigenvalue weighted by Crippen LogP contribution is 2.37. The first kappa shape index (κ1) is 13.8. The average Bonchev–Trinajstić information content (AvgIpc) is 2.89. The van der Waals surface area contributed by atoms with Gasteiger partial charge >= 0.3 is 5.69 Å². The maximum absolute atomic E-state index is 10.8. The van der Waals surface area contributed by atoms with Crippen LogP contribution in [0.2, 0.25) is 0 Å². The molecule has 2 N–H and O–H groups in total. The second-order valence-electron chi connectivity index (χ2n) is 5.90. The number of fused-ring (bicyclic) bond motifs is 1. The quantitative estimate of drug-likeness (QED) is 0.651. The summed E-state index contributed by atoms with van der Waals surface area (Å²) in [5.41, 5.74) is 5.66. The predicted molar refractivity (Wildman–Crippen MR) is 76.6 cm³/mol. The van der Waals surface area contributed by atoms with Crippen molar-refractivity contribution in [3.05, 3.63) is 27.9 Å². The predicted octanol–water partition coefficient (Wildman–Crippen LogP) is 1.43. The van der Waals surface area contributed by atoms with Crippen LogP contribution in [0.15, 0.2) is 12.1 Å². The second kappa shape index (κ2) is 5.30. The summed E-state index contributed by atoms with van der Waals surface area (Å²) in [7, 11) is 0. The molecule has 0 amide bonds. The van der Waals surface area contributed by atoms with Crippen molar-refractivity contribution in [3.63, 3.8) is 0 Å². The van der Waals surface area contributed by atoms with Gasteiger partial charge in [0.15, 0.2) is 0 Å². The number of nitrogens with zero attached hydrogens (tertiary/aromatic N) is 4. The van der Waals surface area contributed by atoms with E-state index in [4.69, 9.17) is 11.0 Å². The summed E-state index contributed by atoms with van der Waals surface area (Å²) in [6.45, 7) is 1.76. The topological polar surface area (TPSA) is 109 Å². The van der Waals surface area contributed by atoms with E-state index < -0.39 is 4.92 Å². The fourth-order valence-electron chi connectivity index (χ4n) is 3.50. The third-order valence-corrected chi connectivity index (χ3v) is 4.58. The fraction of sp³-hybridized carbons (Fsp3) is 0.571. The van der Waals surface area contributed by atoms with Gasteiger partial charge in [0.05, 0.1) is 4.92 Å². The van der Waals surface area contributed by atoms with Crippen LogP contribution in [0.25, 0.3) is 0 Å². The Morgan fingerprint density at radius 1 is 1.38 bits per heavy atom. The Bertz CT molecular complexity index is 612. The molecule has 2 fully saturated rings. The van der Waals surface area contributed by atoms with Crippen molar-refractivity contribution in [3.8, 4) is 6.07 Å². The van der Waals surface area contributed by atoms with Crippen LogP contribution in [0.1, 0.15) is 25.0 Å². The lowest BCUT2D eigenvalue weighted by Gasteiger charge is -2.27. The molecule has 0 radical (unpaired) electrons. The van der Waals surface area contributed by atoms with Gasteiger partial charge in [0, 0.05) is 25.2 Å². The van der Waals surface area contributed by atoms with Gasteiger partial charge in [-0.1, -0.05) is 0 Å². The highest BCUT2D eigenvalue weighted by molar-refractivity contribution is 5.52. The number of rotatable bonds is 2. The summed E-state index contributed by atoms with van der Waals surface area (Å²) in [6, 6.07) is 5.10. The molecule has 0 spiro atoms. The Morgan fingerprint density at radius 3 is 2.86 bits per heavy atom. The zero-order chi connectivity index (χ0) is 15.0. The number of hydrogen-bond acceptors (Lipinski definition) is 6. The third-order valence-electron chi connectivity index (χ3n) is 4.58. The van der Waals surface area contributed by atoms with Gasteiger partial charge in [0.1, 0.15) is 11.9 Å². The minimum absolute atomic E-state index is 0.121. The molecule has 1 aromatic rings. The van der Waals surface area contributed by atoms with E-state index in [1.54, 1.807) is 6.07 Å². The lowest BCUT2D eigenvalue weighted by atomic mass is 9.79. The summed E-state index contributed by atoms with van der Waals surface area (Å²) in [4.78, 5) is 16.6. The minimum atomic E-state index is -0.571. The summed E-state index contributed by atoms with van der Waals surface area (Å²) >= 11 is 0. The third kappa shape index (κ3) is 2.54. The molecule has 0 aromatic carbocycles. The SMILES string of the molecule is N#Cc1nc(N2C[C@H]3CCC(N)C[C@H]3C2)ccc1[N+](=O)[O-]. The lowest BCUT2D eigenvalue weighted by Crippen LogP contribution is -2.32. The molecule has 7 nitrogen and oxygen atoms in total. The van der Waals surface area contributed by atoms with E-state index in [1.807, 2.05) is 6.07 Å². The van der Waals surface area contributed by atoms with Crippen molar-refractivity contribution in [2.75, 3.05) is 18.0 Å². The van der Waals surface area contributed by atoms with Gasteiger partial charge in [-0.25, -0.2) is 4.98 Å². The van der Waals surface area contributed by atoms with Crippen LogP contribution in [0.3, 0.4) is 0 Å². The standard InChI is InChI=1S/C14H17N5O2/c15-6-12-13(19(20)21)3-4-14(17-12)18-7-9-1-2-11(16)5-10(9)8-18/h3-4,9-11H,1-2,5,7-8,16H2/t9-,10+,11?/m1/s1. The number of nitrogens with two attached hydrogens (primary N) is 1. The molecule has 1 aromatic heterocycles. The zero-order valence-electron chi connectivity index (χ0n) is 11.6. The number of nitro groups is 1. The van der Waals surface area contributed by atoms with Crippen LogP contribution in [0.5, 0.6) is 0 Å². The van der Waals surface area contributed by atoms with E-state index in [2.05, 4.69) is 9.88 Å². The van der Waals surface area contributed by atoms with E-state index in [9.17, 15) is 10.1 Å². The van der Waals surface area contributed by atoms with E-state index >= 15 is 0 Å². The van der Waals surface area contributed by atoms with Crippen molar-refractivity contribution < 1.29 is 4.92 Å². The highest BCUT2D eigenvalue weighted by Gasteiger charge is 2.37. The molecule has 1 aliphatic carbocycles. The molecule has 2 heterocycles. The molecule has 2 aliphatic rings. The summed E-state index contributed by atoms with van der Waals surface area (Å²) < 4.78 is 0. The molecule has 3 atom stereocenters. The smallest absolute Gasteiger partial charge is 0.305 e. The number of hydrogen-bond donors (Lipinski definition) is 1. The van der Waals surface area contributed by atoms with E-state index in [0.717, 1.165) is 32.4 Å².